The lowest BCUT2D eigenvalue weighted by Crippen LogP contribution is -2.49. The first kappa shape index (κ1) is 32.2. The van der Waals surface area contributed by atoms with Gasteiger partial charge in [-0.1, -0.05) is 153 Å². The molecule has 0 saturated heterocycles. The molecule has 3 aromatic heterocycles. The van der Waals surface area contributed by atoms with Gasteiger partial charge in [0.25, 0.3) is 0 Å². The molecule has 268 valence electrons. The summed E-state index contributed by atoms with van der Waals surface area (Å²) < 4.78 is 4.67. The first-order chi connectivity index (χ1) is 28.0. The fourth-order valence-corrected chi connectivity index (χ4v) is 12.7. The monoisotopic (exact) mass is 744 g/mol. The SMILES string of the molecule is C[Si]1(C)c2ccccc2-c2c1ccc1c(-c3ccccc3)nc(-n3c4ccccc4c4ccc(-c5ccc6c(c5)c5ccccc5n6-c5ccccc5)cc43)nc21. The molecule has 0 unspecified atom stereocenters. The van der Waals surface area contributed by atoms with Crippen molar-refractivity contribution in [3.63, 3.8) is 0 Å². The Kier molecular flexibility index (Phi) is 6.75. The van der Waals surface area contributed by atoms with E-state index < -0.39 is 8.07 Å². The second-order valence-electron chi connectivity index (χ2n) is 15.8. The summed E-state index contributed by atoms with van der Waals surface area (Å²) in [6.07, 6.45) is 0. The molecule has 8 aromatic carbocycles. The van der Waals surface area contributed by atoms with E-state index in [0.717, 1.165) is 44.4 Å². The van der Waals surface area contributed by atoms with Crippen LogP contribution < -0.4 is 10.4 Å². The number of para-hydroxylation sites is 3. The predicted molar refractivity (Wildman–Crippen MR) is 241 cm³/mol. The van der Waals surface area contributed by atoms with Gasteiger partial charge in [0, 0.05) is 43.7 Å². The molecule has 5 heteroatoms. The van der Waals surface area contributed by atoms with E-state index in [1.54, 1.807) is 0 Å². The van der Waals surface area contributed by atoms with E-state index in [1.807, 2.05) is 0 Å². The highest BCUT2D eigenvalue weighted by Gasteiger charge is 2.39. The van der Waals surface area contributed by atoms with E-state index in [-0.39, 0.29) is 0 Å². The molecule has 0 atom stereocenters. The molecule has 0 amide bonds. The van der Waals surface area contributed by atoms with Gasteiger partial charge < -0.3 is 4.57 Å². The lowest BCUT2D eigenvalue weighted by Gasteiger charge is -2.19. The van der Waals surface area contributed by atoms with Gasteiger partial charge in [0.15, 0.2) is 0 Å². The van der Waals surface area contributed by atoms with E-state index in [9.17, 15) is 0 Å². The fourth-order valence-electron chi connectivity index (χ4n) is 9.66. The first-order valence-electron chi connectivity index (χ1n) is 19.7. The van der Waals surface area contributed by atoms with Gasteiger partial charge in [0.05, 0.1) is 33.3 Å². The van der Waals surface area contributed by atoms with Crippen LogP contribution in [0.1, 0.15) is 0 Å². The first-order valence-corrected chi connectivity index (χ1v) is 22.7. The Balaban J connectivity index is 1.13. The van der Waals surface area contributed by atoms with E-state index in [1.165, 1.54) is 59.6 Å². The summed E-state index contributed by atoms with van der Waals surface area (Å²) in [4.78, 5) is 11.1. The Bertz CT molecular complexity index is 3430. The smallest absolute Gasteiger partial charge is 0.235 e. The maximum absolute atomic E-state index is 5.62. The largest absolute Gasteiger partial charge is 0.309 e. The number of rotatable bonds is 4. The highest BCUT2D eigenvalue weighted by atomic mass is 28.3. The molecule has 0 bridgehead atoms. The van der Waals surface area contributed by atoms with Gasteiger partial charge in [-0.05, 0) is 69.5 Å². The van der Waals surface area contributed by atoms with Crippen molar-refractivity contribution in [1.82, 2.24) is 19.1 Å². The van der Waals surface area contributed by atoms with Crippen LogP contribution in [0, 0.1) is 0 Å². The van der Waals surface area contributed by atoms with Crippen molar-refractivity contribution in [3.05, 3.63) is 182 Å². The van der Waals surface area contributed by atoms with Crippen molar-refractivity contribution in [1.29, 1.82) is 0 Å². The highest BCUT2D eigenvalue weighted by Crippen LogP contribution is 2.40. The Morgan fingerprint density at radius 1 is 0.404 bits per heavy atom. The molecular weight excluding hydrogens is 709 g/mol. The number of nitrogens with zero attached hydrogens (tertiary/aromatic N) is 4. The molecule has 1 aliphatic rings. The molecule has 12 rings (SSSR count). The van der Waals surface area contributed by atoms with Crippen molar-refractivity contribution in [2.45, 2.75) is 13.1 Å². The zero-order valence-corrected chi connectivity index (χ0v) is 32.6. The van der Waals surface area contributed by atoms with Crippen LogP contribution in [0.25, 0.3) is 99.7 Å². The third-order valence-corrected chi connectivity index (χ3v) is 15.9. The van der Waals surface area contributed by atoms with Crippen LogP contribution in [-0.2, 0) is 0 Å². The summed E-state index contributed by atoms with van der Waals surface area (Å²) in [6.45, 7) is 4.93. The van der Waals surface area contributed by atoms with Gasteiger partial charge in [-0.25, -0.2) is 9.97 Å². The lowest BCUT2D eigenvalue weighted by molar-refractivity contribution is 1.01. The summed E-state index contributed by atoms with van der Waals surface area (Å²) >= 11 is 0. The van der Waals surface area contributed by atoms with Crippen LogP contribution in [0.4, 0.5) is 0 Å². The minimum Gasteiger partial charge on any atom is -0.309 e. The topological polar surface area (TPSA) is 35.6 Å². The zero-order valence-electron chi connectivity index (χ0n) is 31.6. The Morgan fingerprint density at radius 2 is 1.00 bits per heavy atom. The number of hydrogen-bond donors (Lipinski definition) is 0. The van der Waals surface area contributed by atoms with Crippen molar-refractivity contribution in [2.24, 2.45) is 0 Å². The van der Waals surface area contributed by atoms with Gasteiger partial charge in [0.1, 0.15) is 8.07 Å². The van der Waals surface area contributed by atoms with Gasteiger partial charge in [-0.3, -0.25) is 4.57 Å². The number of aromatic nitrogens is 4. The standard InChI is InChI=1S/C52H36N4Si/c1-57(2)47-24-14-11-21-40(47)49-48(57)30-28-41-50(33-15-5-3-6-16-33)53-52(54-51(41)49)56-44-23-13-9-19-37(44)39-27-25-35(32-46(39)56)34-26-29-45-42(31-34)38-20-10-12-22-43(38)55(45)36-17-7-4-8-18-36/h3-32H,1-2H3. The molecule has 0 saturated carbocycles. The van der Waals surface area contributed by atoms with Crippen molar-refractivity contribution in [3.8, 4) is 45.1 Å². The van der Waals surface area contributed by atoms with Crippen LogP contribution in [-0.4, -0.2) is 27.2 Å². The van der Waals surface area contributed by atoms with E-state index in [4.69, 9.17) is 9.97 Å². The minimum absolute atomic E-state index is 0.684. The fraction of sp³-hybridized carbons (Fsp3) is 0.0385. The molecule has 0 radical (unpaired) electrons. The van der Waals surface area contributed by atoms with Gasteiger partial charge >= 0.3 is 0 Å². The van der Waals surface area contributed by atoms with Crippen molar-refractivity contribution in [2.75, 3.05) is 0 Å². The molecule has 4 heterocycles. The summed E-state index contributed by atoms with van der Waals surface area (Å²) in [7, 11) is -1.93. The third kappa shape index (κ3) is 4.60. The predicted octanol–water partition coefficient (Wildman–Crippen LogP) is 12.0. The van der Waals surface area contributed by atoms with Gasteiger partial charge in [-0.15, -0.1) is 0 Å². The van der Waals surface area contributed by atoms with Crippen LogP contribution in [0.5, 0.6) is 0 Å². The Hall–Kier alpha value is -7.08. The summed E-state index contributed by atoms with van der Waals surface area (Å²) in [5.74, 6) is 0.684. The van der Waals surface area contributed by atoms with E-state index in [0.29, 0.717) is 5.95 Å². The van der Waals surface area contributed by atoms with Crippen LogP contribution in [0.3, 0.4) is 0 Å². The minimum atomic E-state index is -1.93. The molecule has 11 aromatic rings. The molecule has 0 aliphatic carbocycles. The van der Waals surface area contributed by atoms with Crippen molar-refractivity contribution < 1.29 is 0 Å². The molecule has 0 fully saturated rings. The van der Waals surface area contributed by atoms with E-state index in [2.05, 4.69) is 204 Å². The maximum atomic E-state index is 5.62. The normalized spacial score (nSPS) is 13.2. The summed E-state index contributed by atoms with van der Waals surface area (Å²) in [5.41, 5.74) is 13.7. The average molecular weight is 745 g/mol. The molecular formula is C52H36N4Si. The Morgan fingerprint density at radius 3 is 1.81 bits per heavy atom. The highest BCUT2D eigenvalue weighted by molar-refractivity contribution is 7.04. The number of fused-ring (bicyclic) bond motifs is 11. The zero-order chi connectivity index (χ0) is 37.8. The third-order valence-electron chi connectivity index (χ3n) is 12.3. The van der Waals surface area contributed by atoms with Crippen LogP contribution in [0.2, 0.25) is 13.1 Å². The molecule has 4 nitrogen and oxygen atoms in total. The molecule has 57 heavy (non-hydrogen) atoms. The Labute approximate surface area is 331 Å². The molecule has 1 aliphatic heterocycles. The molecule has 0 N–H and O–H groups in total. The lowest BCUT2D eigenvalue weighted by atomic mass is 9.99. The summed E-state index contributed by atoms with van der Waals surface area (Å²) in [6, 6.07) is 66.1. The molecule has 0 spiro atoms. The summed E-state index contributed by atoms with van der Waals surface area (Å²) in [5, 5.41) is 8.83. The second-order valence-corrected chi connectivity index (χ2v) is 20.1. The van der Waals surface area contributed by atoms with Gasteiger partial charge in [0.2, 0.25) is 5.95 Å². The van der Waals surface area contributed by atoms with E-state index >= 15 is 0 Å². The average Bonchev–Trinajstić information content (AvgIpc) is 3.86. The second kappa shape index (κ2) is 12.0. The quantitative estimate of drug-likeness (QED) is 0.168. The van der Waals surface area contributed by atoms with Crippen LogP contribution in [0.15, 0.2) is 182 Å². The number of hydrogen-bond acceptors (Lipinski definition) is 2. The van der Waals surface area contributed by atoms with Gasteiger partial charge in [-0.2, -0.15) is 0 Å². The number of benzene rings is 8. The van der Waals surface area contributed by atoms with Crippen LogP contribution >= 0.6 is 0 Å². The maximum Gasteiger partial charge on any atom is 0.235 e. The van der Waals surface area contributed by atoms with Crippen molar-refractivity contribution >= 4 is 73.0 Å².